The zero-order valence-electron chi connectivity index (χ0n) is 16.1. The molecule has 7 nitrogen and oxygen atoms in total. The zero-order chi connectivity index (χ0) is 20.4. The Morgan fingerprint density at radius 1 is 0.857 bits per heavy atom. The molecule has 7 heteroatoms. The fourth-order valence-electron chi connectivity index (χ4n) is 3.39. The number of Topliss-reactive ketones (excluding diaryl/α,β-unsaturated/α-hetero) is 1. The molecule has 2 N–H and O–H groups in total. The van der Waals surface area contributed by atoms with Gasteiger partial charge in [-0.3, -0.25) is 4.79 Å². The van der Waals surface area contributed by atoms with E-state index in [-0.39, 0.29) is 12.2 Å². The molecular formula is C21H22O7. The fraction of sp³-hybridized carbons (Fsp3) is 0.286. The summed E-state index contributed by atoms with van der Waals surface area (Å²) >= 11 is 0. The highest BCUT2D eigenvalue weighted by molar-refractivity contribution is 6.33. The highest BCUT2D eigenvalue weighted by Crippen LogP contribution is 2.45. The maximum atomic E-state index is 12.7. The third-order valence-electron chi connectivity index (χ3n) is 4.73. The van der Waals surface area contributed by atoms with Gasteiger partial charge < -0.3 is 29.2 Å². The molecule has 0 amide bonds. The standard InChI is InChI=1S/C21H22O7/c1-25-16-6-5-11(7-14(16)22)13-10-15(23)20(24)19(13)12-8-17(26-2)21(28-4)18(9-12)27-3/h5-9,15,22-23H,10H2,1-4H3. The molecule has 0 radical (unpaired) electrons. The number of benzene rings is 2. The van der Waals surface area contributed by atoms with Gasteiger partial charge in [-0.05, 0) is 41.0 Å². The van der Waals surface area contributed by atoms with E-state index in [0.29, 0.717) is 45.3 Å². The van der Waals surface area contributed by atoms with Crippen LogP contribution in [0.15, 0.2) is 30.3 Å². The number of rotatable bonds is 6. The predicted molar refractivity (Wildman–Crippen MR) is 103 cm³/mol. The topological polar surface area (TPSA) is 94.5 Å². The Morgan fingerprint density at radius 2 is 1.46 bits per heavy atom. The number of hydrogen-bond donors (Lipinski definition) is 2. The Hall–Kier alpha value is -3.19. The molecule has 0 heterocycles. The maximum absolute atomic E-state index is 12.7. The normalized spacial score (nSPS) is 16.3. The van der Waals surface area contributed by atoms with E-state index in [1.165, 1.54) is 34.5 Å². The van der Waals surface area contributed by atoms with Crippen LogP contribution in [0.4, 0.5) is 0 Å². The smallest absolute Gasteiger partial charge is 0.203 e. The fourth-order valence-corrected chi connectivity index (χ4v) is 3.39. The molecule has 2 aromatic rings. The lowest BCUT2D eigenvalue weighted by Crippen LogP contribution is -2.14. The number of ether oxygens (including phenoxy) is 4. The summed E-state index contributed by atoms with van der Waals surface area (Å²) in [6.45, 7) is 0. The van der Waals surface area contributed by atoms with Crippen LogP contribution in [-0.2, 0) is 4.79 Å². The minimum atomic E-state index is -1.16. The molecule has 148 valence electrons. The average Bonchev–Trinajstić information content (AvgIpc) is 3.01. The van der Waals surface area contributed by atoms with E-state index < -0.39 is 11.9 Å². The summed E-state index contributed by atoms with van der Waals surface area (Å²) < 4.78 is 21.1. The number of carbonyl (C=O) groups is 1. The van der Waals surface area contributed by atoms with E-state index in [1.807, 2.05) is 0 Å². The van der Waals surface area contributed by atoms with Crippen molar-refractivity contribution in [1.82, 2.24) is 0 Å². The molecule has 1 aliphatic rings. The number of aromatic hydroxyl groups is 1. The van der Waals surface area contributed by atoms with Crippen LogP contribution in [0.5, 0.6) is 28.7 Å². The Kier molecular flexibility index (Phi) is 5.46. The Balaban J connectivity index is 2.22. The Bertz CT molecular complexity index is 921. The van der Waals surface area contributed by atoms with Crippen molar-refractivity contribution >= 4 is 16.9 Å². The average molecular weight is 386 g/mol. The molecule has 0 aromatic heterocycles. The van der Waals surface area contributed by atoms with Crippen molar-refractivity contribution in [3.8, 4) is 28.7 Å². The first-order valence-corrected chi connectivity index (χ1v) is 8.58. The van der Waals surface area contributed by atoms with Gasteiger partial charge in [-0.25, -0.2) is 0 Å². The first-order chi connectivity index (χ1) is 13.4. The molecule has 0 saturated carbocycles. The van der Waals surface area contributed by atoms with Gasteiger partial charge in [0.2, 0.25) is 5.75 Å². The lowest BCUT2D eigenvalue weighted by Gasteiger charge is -2.15. The second kappa shape index (κ2) is 7.82. The summed E-state index contributed by atoms with van der Waals surface area (Å²) in [5.41, 5.74) is 2.11. The van der Waals surface area contributed by atoms with Crippen LogP contribution < -0.4 is 18.9 Å². The predicted octanol–water partition coefficient (Wildman–Crippen LogP) is 2.67. The van der Waals surface area contributed by atoms with Crippen molar-refractivity contribution in [2.24, 2.45) is 0 Å². The summed E-state index contributed by atoms with van der Waals surface area (Å²) in [5.74, 6) is 1.07. The molecule has 1 aliphatic carbocycles. The lowest BCUT2D eigenvalue weighted by atomic mass is 9.95. The van der Waals surface area contributed by atoms with Crippen molar-refractivity contribution in [2.45, 2.75) is 12.5 Å². The van der Waals surface area contributed by atoms with Crippen molar-refractivity contribution in [3.05, 3.63) is 41.5 Å². The summed E-state index contributed by atoms with van der Waals surface area (Å²) in [4.78, 5) is 12.7. The van der Waals surface area contributed by atoms with Crippen LogP contribution in [0, 0.1) is 0 Å². The number of phenolic OH excluding ortho intramolecular Hbond substituents is 1. The van der Waals surface area contributed by atoms with Crippen LogP contribution in [-0.4, -0.2) is 50.5 Å². The van der Waals surface area contributed by atoms with Gasteiger partial charge in [-0.1, -0.05) is 6.07 Å². The van der Waals surface area contributed by atoms with Gasteiger partial charge in [0.15, 0.2) is 28.8 Å². The largest absolute Gasteiger partial charge is 0.504 e. The molecule has 1 unspecified atom stereocenters. The third-order valence-corrected chi connectivity index (χ3v) is 4.73. The van der Waals surface area contributed by atoms with Gasteiger partial charge in [0, 0.05) is 12.0 Å². The van der Waals surface area contributed by atoms with Crippen LogP contribution in [0.3, 0.4) is 0 Å². The first-order valence-electron chi connectivity index (χ1n) is 8.58. The molecule has 0 bridgehead atoms. The number of aliphatic hydroxyl groups excluding tert-OH is 1. The second-order valence-electron chi connectivity index (χ2n) is 6.24. The minimum absolute atomic E-state index is 0.0504. The Labute approximate surface area is 162 Å². The van der Waals surface area contributed by atoms with Crippen molar-refractivity contribution in [2.75, 3.05) is 28.4 Å². The number of hydrogen-bond acceptors (Lipinski definition) is 7. The van der Waals surface area contributed by atoms with Crippen LogP contribution in [0.25, 0.3) is 11.1 Å². The molecular weight excluding hydrogens is 364 g/mol. The van der Waals surface area contributed by atoms with E-state index in [9.17, 15) is 15.0 Å². The van der Waals surface area contributed by atoms with Crippen LogP contribution in [0.2, 0.25) is 0 Å². The van der Waals surface area contributed by atoms with Gasteiger partial charge >= 0.3 is 0 Å². The van der Waals surface area contributed by atoms with Crippen molar-refractivity contribution < 1.29 is 34.0 Å². The van der Waals surface area contributed by atoms with Crippen molar-refractivity contribution in [3.63, 3.8) is 0 Å². The molecule has 2 aromatic carbocycles. The number of phenols is 1. The third kappa shape index (κ3) is 3.25. The van der Waals surface area contributed by atoms with Gasteiger partial charge in [0.05, 0.1) is 28.4 Å². The van der Waals surface area contributed by atoms with Gasteiger partial charge in [-0.15, -0.1) is 0 Å². The van der Waals surface area contributed by atoms with E-state index in [1.54, 1.807) is 24.3 Å². The summed E-state index contributed by atoms with van der Waals surface area (Å²) in [7, 11) is 5.93. The monoisotopic (exact) mass is 386 g/mol. The summed E-state index contributed by atoms with van der Waals surface area (Å²) in [6.07, 6.45) is -1.02. The number of aliphatic hydroxyl groups is 1. The number of methoxy groups -OCH3 is 4. The SMILES string of the molecule is COc1ccc(C2=C(c3cc(OC)c(OC)c(OC)c3)C(=O)C(O)C2)cc1O. The molecule has 0 spiro atoms. The highest BCUT2D eigenvalue weighted by Gasteiger charge is 2.34. The summed E-state index contributed by atoms with van der Waals surface area (Å²) in [6, 6.07) is 8.18. The lowest BCUT2D eigenvalue weighted by molar-refractivity contribution is -0.120. The maximum Gasteiger partial charge on any atom is 0.203 e. The van der Waals surface area contributed by atoms with Crippen LogP contribution >= 0.6 is 0 Å². The number of carbonyl (C=O) groups excluding carboxylic acids is 1. The molecule has 28 heavy (non-hydrogen) atoms. The first kappa shape index (κ1) is 19.6. The van der Waals surface area contributed by atoms with E-state index in [0.717, 1.165) is 0 Å². The van der Waals surface area contributed by atoms with Gasteiger partial charge in [0.1, 0.15) is 6.10 Å². The summed E-state index contributed by atoms with van der Waals surface area (Å²) in [5, 5.41) is 20.3. The quantitative estimate of drug-likeness (QED) is 0.788. The second-order valence-corrected chi connectivity index (χ2v) is 6.24. The number of ketones is 1. The van der Waals surface area contributed by atoms with E-state index in [2.05, 4.69) is 0 Å². The minimum Gasteiger partial charge on any atom is -0.504 e. The molecule has 0 saturated heterocycles. The van der Waals surface area contributed by atoms with E-state index >= 15 is 0 Å². The molecule has 3 rings (SSSR count). The zero-order valence-corrected chi connectivity index (χ0v) is 16.1. The van der Waals surface area contributed by atoms with E-state index in [4.69, 9.17) is 18.9 Å². The van der Waals surface area contributed by atoms with Gasteiger partial charge in [-0.2, -0.15) is 0 Å². The van der Waals surface area contributed by atoms with Gasteiger partial charge in [0.25, 0.3) is 0 Å². The van der Waals surface area contributed by atoms with Crippen molar-refractivity contribution in [1.29, 1.82) is 0 Å². The van der Waals surface area contributed by atoms with Crippen LogP contribution in [0.1, 0.15) is 17.5 Å². The Morgan fingerprint density at radius 3 is 1.96 bits per heavy atom. The molecule has 0 aliphatic heterocycles. The highest BCUT2D eigenvalue weighted by atomic mass is 16.5. The molecule has 0 fully saturated rings. The molecule has 1 atom stereocenters.